The lowest BCUT2D eigenvalue weighted by molar-refractivity contribution is -0.141. The highest BCUT2D eigenvalue weighted by molar-refractivity contribution is 6.31. The zero-order valence-electron chi connectivity index (χ0n) is 23.1. The van der Waals surface area contributed by atoms with Crippen molar-refractivity contribution < 1.29 is 18.0 Å². The van der Waals surface area contributed by atoms with E-state index in [1.165, 1.54) is 35.2 Å². The van der Waals surface area contributed by atoms with E-state index in [1.807, 2.05) is 31.2 Å². The average molecular weight is 610 g/mol. The lowest BCUT2D eigenvalue weighted by Crippen LogP contribution is -2.39. The summed E-state index contributed by atoms with van der Waals surface area (Å²) in [7, 11) is 0. The zero-order chi connectivity index (χ0) is 30.7. The number of hydrogen-bond donors (Lipinski definition) is 1. The van der Waals surface area contributed by atoms with Crippen LogP contribution >= 0.6 is 11.6 Å². The number of benzene rings is 2. The molecule has 3 heterocycles. The van der Waals surface area contributed by atoms with E-state index in [-0.39, 0.29) is 47.3 Å². The van der Waals surface area contributed by atoms with Crippen molar-refractivity contribution in [3.05, 3.63) is 93.3 Å². The Morgan fingerprint density at radius 3 is 2.67 bits per heavy atom. The van der Waals surface area contributed by atoms with Crippen LogP contribution in [0.5, 0.6) is 0 Å². The summed E-state index contributed by atoms with van der Waals surface area (Å²) < 4.78 is 42.0. The molecule has 4 aromatic rings. The van der Waals surface area contributed by atoms with Crippen LogP contribution in [0, 0.1) is 17.2 Å². The average Bonchev–Trinajstić information content (AvgIpc) is 3.46. The highest BCUT2D eigenvalue weighted by Gasteiger charge is 2.35. The predicted octanol–water partition coefficient (Wildman–Crippen LogP) is 5.51. The monoisotopic (exact) mass is 609 g/mol. The van der Waals surface area contributed by atoms with Crippen molar-refractivity contribution in [1.82, 2.24) is 29.9 Å². The van der Waals surface area contributed by atoms with Gasteiger partial charge in [-0.1, -0.05) is 54.4 Å². The highest BCUT2D eigenvalue weighted by atomic mass is 35.5. The van der Waals surface area contributed by atoms with Gasteiger partial charge in [0.05, 0.1) is 42.4 Å². The van der Waals surface area contributed by atoms with Gasteiger partial charge in [-0.15, -0.1) is 5.10 Å². The molecule has 3 atom stereocenters. The number of hydrogen-bond acceptors (Lipinski definition) is 6. The quantitative estimate of drug-likeness (QED) is 0.326. The maximum Gasteiger partial charge on any atom is 0.436 e. The number of nitrogens with one attached hydrogen (secondary N) is 1. The van der Waals surface area contributed by atoms with Crippen LogP contribution in [0.15, 0.2) is 65.8 Å². The Hall–Kier alpha value is -4.50. The van der Waals surface area contributed by atoms with Crippen molar-refractivity contribution in [1.29, 1.82) is 5.26 Å². The van der Waals surface area contributed by atoms with Crippen LogP contribution in [0.1, 0.15) is 55.5 Å². The largest absolute Gasteiger partial charge is 0.436 e. The molecule has 0 spiro atoms. The van der Waals surface area contributed by atoms with Gasteiger partial charge in [-0.25, -0.2) is 9.67 Å². The molecule has 0 unspecified atom stereocenters. The highest BCUT2D eigenvalue weighted by Crippen LogP contribution is 2.32. The fourth-order valence-electron chi connectivity index (χ4n) is 5.27. The number of halogens is 4. The molecular formula is C30H27ClF3N7O2. The first-order valence-corrected chi connectivity index (χ1v) is 14.1. The summed E-state index contributed by atoms with van der Waals surface area (Å²) in [5.74, 6) is -0.378. The second kappa shape index (κ2) is 12.4. The van der Waals surface area contributed by atoms with Crippen molar-refractivity contribution in [2.24, 2.45) is 5.92 Å². The van der Waals surface area contributed by atoms with E-state index in [0.717, 1.165) is 22.0 Å². The predicted molar refractivity (Wildman–Crippen MR) is 152 cm³/mol. The van der Waals surface area contributed by atoms with Gasteiger partial charge in [-0.05, 0) is 48.6 Å². The van der Waals surface area contributed by atoms with E-state index in [4.69, 9.17) is 11.6 Å². The summed E-state index contributed by atoms with van der Waals surface area (Å²) in [6.45, 7) is 1.84. The zero-order valence-corrected chi connectivity index (χ0v) is 23.8. The van der Waals surface area contributed by atoms with Crippen LogP contribution in [0.4, 0.5) is 13.2 Å². The van der Waals surface area contributed by atoms with E-state index in [0.29, 0.717) is 36.3 Å². The molecule has 0 aliphatic carbocycles. The van der Waals surface area contributed by atoms with Crippen LogP contribution < -0.4 is 10.9 Å². The molecule has 1 aliphatic rings. The van der Waals surface area contributed by atoms with Gasteiger partial charge in [0, 0.05) is 28.6 Å². The molecule has 0 fully saturated rings. The maximum absolute atomic E-state index is 13.6. The molecular weight excluding hydrogens is 583 g/mol. The second-order valence-corrected chi connectivity index (χ2v) is 11.0. The van der Waals surface area contributed by atoms with E-state index >= 15 is 0 Å². The number of amides is 1. The number of nitriles is 1. The molecule has 13 heteroatoms. The number of carbonyl (C=O) groups excluding carboxylic acids is 1. The first-order valence-electron chi connectivity index (χ1n) is 13.7. The molecule has 43 heavy (non-hydrogen) atoms. The van der Waals surface area contributed by atoms with Crippen molar-refractivity contribution in [2.75, 3.05) is 0 Å². The van der Waals surface area contributed by atoms with Crippen LogP contribution in [0.2, 0.25) is 5.02 Å². The minimum atomic E-state index is -4.67. The second-order valence-electron chi connectivity index (χ2n) is 10.6. The summed E-state index contributed by atoms with van der Waals surface area (Å²) in [6.07, 6.45) is -0.0594. The molecule has 0 radical (unpaired) electrons. The first-order chi connectivity index (χ1) is 20.5. The number of rotatable bonds is 4. The SMILES string of the molecule is C[C@@H]1CCC[C@H](n2cnc(-c3cc(Cl)ccc3-n3cc(C(F)(F)F)nn3)cc2=O)c2cccc(c2)C[C@@H](CC#N)NC1=O. The Morgan fingerprint density at radius 2 is 1.95 bits per heavy atom. The van der Waals surface area contributed by atoms with Gasteiger partial charge in [0.25, 0.3) is 5.56 Å². The van der Waals surface area contributed by atoms with E-state index in [1.54, 1.807) is 0 Å². The number of alkyl halides is 3. The molecule has 1 N–H and O–H groups in total. The topological polar surface area (TPSA) is 118 Å². The summed E-state index contributed by atoms with van der Waals surface area (Å²) in [4.78, 5) is 30.9. The lowest BCUT2D eigenvalue weighted by Gasteiger charge is -2.25. The van der Waals surface area contributed by atoms with Gasteiger partial charge < -0.3 is 5.32 Å². The molecule has 2 aromatic heterocycles. The van der Waals surface area contributed by atoms with Gasteiger partial charge in [0.1, 0.15) is 0 Å². The Balaban J connectivity index is 1.53. The number of aromatic nitrogens is 5. The molecule has 2 aromatic carbocycles. The Kier molecular flexibility index (Phi) is 8.64. The van der Waals surface area contributed by atoms with Crippen LogP contribution in [-0.4, -0.2) is 36.5 Å². The van der Waals surface area contributed by atoms with Crippen molar-refractivity contribution >= 4 is 17.5 Å². The minimum Gasteiger partial charge on any atom is -0.352 e. The van der Waals surface area contributed by atoms with E-state index < -0.39 is 11.9 Å². The van der Waals surface area contributed by atoms with Gasteiger partial charge in [-0.2, -0.15) is 18.4 Å². The molecule has 0 saturated heterocycles. The summed E-state index contributed by atoms with van der Waals surface area (Å²) in [6, 6.07) is 14.9. The molecule has 0 saturated carbocycles. The van der Waals surface area contributed by atoms with Crippen molar-refractivity contribution in [3.63, 3.8) is 0 Å². The lowest BCUT2D eigenvalue weighted by atomic mass is 9.92. The van der Waals surface area contributed by atoms with Crippen LogP contribution in [0.3, 0.4) is 0 Å². The van der Waals surface area contributed by atoms with E-state index in [9.17, 15) is 28.0 Å². The molecule has 222 valence electrons. The fourth-order valence-corrected chi connectivity index (χ4v) is 5.44. The van der Waals surface area contributed by atoms with Gasteiger partial charge in [0.2, 0.25) is 5.91 Å². The van der Waals surface area contributed by atoms with Gasteiger partial charge in [0.15, 0.2) is 5.69 Å². The van der Waals surface area contributed by atoms with Crippen molar-refractivity contribution in [2.45, 2.75) is 57.3 Å². The first kappa shape index (κ1) is 30.0. The minimum absolute atomic E-state index is 0.108. The molecule has 9 nitrogen and oxygen atoms in total. The standard InChI is InChI=1S/C30H27ClF3N7O2/c1-18-4-2-7-25(20-6-3-5-19(12-20)13-22(10-11-35)37-29(18)43)40-17-36-24(15-28(40)42)23-14-21(31)8-9-26(23)41-16-27(38-39-41)30(32,33)34/h3,5-6,8-9,12,14-18,22,25H,2,4,7,10,13H2,1H3,(H,37,43)/t18-,22-,25+/m1/s1. The molecule has 1 amide bonds. The van der Waals surface area contributed by atoms with E-state index in [2.05, 4.69) is 26.7 Å². The van der Waals surface area contributed by atoms with Crippen LogP contribution in [-0.2, 0) is 17.4 Å². The fraction of sp³-hybridized carbons (Fsp3) is 0.333. The third-order valence-corrected chi connectivity index (χ3v) is 7.74. The Labute approximate surface area is 249 Å². The van der Waals surface area contributed by atoms with Gasteiger partial charge >= 0.3 is 6.18 Å². The molecule has 5 rings (SSSR count). The maximum atomic E-state index is 13.6. The van der Waals surface area contributed by atoms with Gasteiger partial charge in [-0.3, -0.25) is 14.2 Å². The Morgan fingerprint density at radius 1 is 1.14 bits per heavy atom. The summed E-state index contributed by atoms with van der Waals surface area (Å²) >= 11 is 6.22. The third kappa shape index (κ3) is 6.78. The number of nitrogens with zero attached hydrogens (tertiary/aromatic N) is 6. The number of fused-ring (bicyclic) bond motifs is 2. The third-order valence-electron chi connectivity index (χ3n) is 7.50. The molecule has 1 aliphatic heterocycles. The summed E-state index contributed by atoms with van der Waals surface area (Å²) in [5.41, 5.74) is 0.996. The number of carbonyl (C=O) groups is 1. The summed E-state index contributed by atoms with van der Waals surface area (Å²) in [5, 5.41) is 19.4. The normalized spacial score (nSPS) is 19.5. The smallest absolute Gasteiger partial charge is 0.352 e. The molecule has 2 bridgehead atoms. The van der Waals surface area contributed by atoms with Crippen LogP contribution in [0.25, 0.3) is 16.9 Å². The van der Waals surface area contributed by atoms with Crippen molar-refractivity contribution in [3.8, 4) is 23.0 Å². The Bertz CT molecular complexity index is 1740.